The summed E-state index contributed by atoms with van der Waals surface area (Å²) < 4.78 is 53.9. The molecule has 0 spiro atoms. The van der Waals surface area contributed by atoms with Gasteiger partial charge in [0.2, 0.25) is 11.5 Å². The molecular weight excluding hydrogens is 1050 g/mol. The van der Waals surface area contributed by atoms with Crippen molar-refractivity contribution in [2.24, 2.45) is 0 Å². The number of hydrogen-bond donors (Lipinski definition) is 0. The van der Waals surface area contributed by atoms with Crippen molar-refractivity contribution < 1.29 is 37.9 Å². The largest absolute Gasteiger partial charge is 0.490 e. The summed E-state index contributed by atoms with van der Waals surface area (Å²) in [4.78, 5) is 0. The topological polar surface area (TPSA) is 73.8 Å². The lowest BCUT2D eigenvalue weighted by atomic mass is 10.1. The molecule has 3 aromatic carbocycles. The maximum absolute atomic E-state index is 6.57. The Labute approximate surface area is 429 Å². The number of unbranched alkanes of at least 4 members (excludes halogenated alkanes) is 18. The van der Waals surface area contributed by atoms with Crippen molar-refractivity contribution in [2.45, 2.75) is 209 Å². The minimum absolute atomic E-state index is 0.358. The van der Waals surface area contributed by atoms with Crippen LogP contribution in [0.1, 0.15) is 207 Å². The fourth-order valence-electron chi connectivity index (χ4n) is 7.45. The van der Waals surface area contributed by atoms with Crippen molar-refractivity contribution in [3.63, 3.8) is 0 Å². The highest BCUT2D eigenvalue weighted by molar-refractivity contribution is 14.1. The summed E-state index contributed by atoms with van der Waals surface area (Å²) in [5.74, 6) is 5.97. The predicted octanol–water partition coefficient (Wildman–Crippen LogP) is 17.8. The van der Waals surface area contributed by atoms with Crippen LogP contribution >= 0.6 is 45.2 Å². The van der Waals surface area contributed by atoms with Gasteiger partial charge in [-0.25, -0.2) is 0 Å². The zero-order chi connectivity index (χ0) is 47.5. The molecule has 0 N–H and O–H groups in total. The summed E-state index contributed by atoms with van der Waals surface area (Å²) in [5.41, 5.74) is 1.96. The van der Waals surface area contributed by atoms with Gasteiger partial charge in [-0.1, -0.05) is 157 Å². The molecule has 0 fully saturated rings. The van der Waals surface area contributed by atoms with Crippen LogP contribution in [0.25, 0.3) is 0 Å². The highest BCUT2D eigenvalue weighted by Crippen LogP contribution is 2.42. The van der Waals surface area contributed by atoms with Crippen LogP contribution < -0.4 is 37.9 Å². The Bertz CT molecular complexity index is 1510. The second kappa shape index (κ2) is 37.4. The van der Waals surface area contributed by atoms with E-state index in [2.05, 4.69) is 123 Å². The van der Waals surface area contributed by atoms with Gasteiger partial charge in [-0.2, -0.15) is 0 Å². The van der Waals surface area contributed by atoms with E-state index in [9.17, 15) is 0 Å². The monoisotopic (exact) mass is 1140 g/mol. The summed E-state index contributed by atoms with van der Waals surface area (Å²) in [6.45, 7) is 18.0. The molecule has 0 aromatic heterocycles. The van der Waals surface area contributed by atoms with Gasteiger partial charge in [-0.3, -0.25) is 0 Å². The molecule has 0 aliphatic heterocycles. The van der Waals surface area contributed by atoms with Gasteiger partial charge in [0.05, 0.1) is 46.8 Å². The van der Waals surface area contributed by atoms with Crippen LogP contribution in [0.4, 0.5) is 0 Å². The summed E-state index contributed by atoms with van der Waals surface area (Å²) >= 11 is 4.70. The predicted molar refractivity (Wildman–Crippen MR) is 291 cm³/mol. The van der Waals surface area contributed by atoms with Crippen LogP contribution in [-0.4, -0.2) is 39.6 Å². The van der Waals surface area contributed by atoms with E-state index in [1.807, 2.05) is 0 Å². The zero-order valence-corrected chi connectivity index (χ0v) is 46.4. The molecule has 0 heterocycles. The maximum atomic E-state index is 6.57. The van der Waals surface area contributed by atoms with Gasteiger partial charge < -0.3 is 37.9 Å². The molecule has 10 heteroatoms. The molecule has 3 aromatic rings. The fourth-order valence-corrected chi connectivity index (χ4v) is 8.63. The van der Waals surface area contributed by atoms with E-state index < -0.39 is 0 Å². The molecule has 0 bridgehead atoms. The number of ether oxygens (including phenoxy) is 8. The van der Waals surface area contributed by atoms with Crippen LogP contribution in [0.5, 0.6) is 46.0 Å². The van der Waals surface area contributed by atoms with Crippen molar-refractivity contribution in [3.05, 3.63) is 54.7 Å². The third-order valence-electron chi connectivity index (χ3n) is 11.4. The molecule has 0 unspecified atom stereocenters. The quantitative estimate of drug-likeness (QED) is 0.0410. The average Bonchev–Trinajstić information content (AvgIpc) is 3.31. The smallest absolute Gasteiger partial charge is 0.203 e. The number of rotatable bonds is 42. The highest BCUT2D eigenvalue weighted by atomic mass is 127. The minimum atomic E-state index is 0.358. The van der Waals surface area contributed by atoms with Crippen LogP contribution in [0.15, 0.2) is 36.4 Å². The second-order valence-electron chi connectivity index (χ2n) is 17.6. The van der Waals surface area contributed by atoms with Crippen LogP contribution in [0.2, 0.25) is 0 Å². The molecule has 0 saturated heterocycles. The molecule has 0 radical (unpaired) electrons. The summed E-state index contributed by atoms with van der Waals surface area (Å²) in [5, 5.41) is 0. The number of hydrogen-bond acceptors (Lipinski definition) is 8. The van der Waals surface area contributed by atoms with Gasteiger partial charge in [0.25, 0.3) is 0 Å². The van der Waals surface area contributed by atoms with E-state index in [4.69, 9.17) is 37.9 Å². The second-order valence-corrected chi connectivity index (χ2v) is 19.9. The Morgan fingerprint density at radius 2 is 0.515 bits per heavy atom. The van der Waals surface area contributed by atoms with Crippen molar-refractivity contribution in [1.82, 2.24) is 0 Å². The van der Waals surface area contributed by atoms with Gasteiger partial charge in [0.15, 0.2) is 23.0 Å². The van der Waals surface area contributed by atoms with Gasteiger partial charge in [0.1, 0.15) is 24.7 Å². The lowest BCUT2D eigenvalue weighted by molar-refractivity contribution is 0.232. The molecule has 66 heavy (non-hydrogen) atoms. The molecule has 0 saturated carbocycles. The molecule has 0 amide bonds. The van der Waals surface area contributed by atoms with Crippen molar-refractivity contribution in [1.29, 1.82) is 0 Å². The normalized spacial score (nSPS) is 11.2. The first-order chi connectivity index (χ1) is 32.4. The van der Waals surface area contributed by atoms with Crippen molar-refractivity contribution in [3.8, 4) is 46.0 Å². The molecule has 374 valence electrons. The average molecular weight is 1140 g/mol. The Kier molecular flexibility index (Phi) is 32.8. The Morgan fingerprint density at radius 3 is 0.758 bits per heavy atom. The SMILES string of the molecule is CCCCCCOc1cc(COc2cc(I)c(OCc3cc(OCCCCCC)c(OCCCCCC)c(OCCCCCC)c3)cc2I)cc(OCCCCCC)c1OCCCCCC. The number of benzene rings is 3. The molecule has 8 nitrogen and oxygen atoms in total. The van der Waals surface area contributed by atoms with E-state index in [1.54, 1.807) is 0 Å². The van der Waals surface area contributed by atoms with E-state index in [-0.39, 0.29) is 0 Å². The Balaban J connectivity index is 1.84. The minimum Gasteiger partial charge on any atom is -0.490 e. The van der Waals surface area contributed by atoms with Gasteiger partial charge in [-0.15, -0.1) is 0 Å². The molecule has 0 aliphatic carbocycles. The van der Waals surface area contributed by atoms with Crippen LogP contribution in [-0.2, 0) is 13.2 Å². The summed E-state index contributed by atoms with van der Waals surface area (Å²) in [6, 6.07) is 12.4. The molecule has 0 aliphatic rings. The summed E-state index contributed by atoms with van der Waals surface area (Å²) in [7, 11) is 0. The zero-order valence-electron chi connectivity index (χ0n) is 42.1. The first-order valence-corrected chi connectivity index (χ1v) is 28.4. The first-order valence-electron chi connectivity index (χ1n) is 26.2. The van der Waals surface area contributed by atoms with Crippen LogP contribution in [0.3, 0.4) is 0 Å². The molecule has 0 atom stereocenters. The maximum Gasteiger partial charge on any atom is 0.203 e. The van der Waals surface area contributed by atoms with Gasteiger partial charge in [0, 0.05) is 0 Å². The van der Waals surface area contributed by atoms with E-state index >= 15 is 0 Å². The molecular formula is C56H88I2O8. The molecule has 3 rings (SSSR count). The Morgan fingerprint density at radius 1 is 0.273 bits per heavy atom. The lowest BCUT2D eigenvalue weighted by Crippen LogP contribution is -2.08. The lowest BCUT2D eigenvalue weighted by Gasteiger charge is -2.20. The van der Waals surface area contributed by atoms with E-state index in [1.165, 1.54) is 77.0 Å². The van der Waals surface area contributed by atoms with E-state index in [0.29, 0.717) is 64.4 Å². The Hall–Kier alpha value is -2.48. The van der Waals surface area contributed by atoms with E-state index in [0.717, 1.165) is 130 Å². The first kappa shape index (κ1) is 57.8. The van der Waals surface area contributed by atoms with Gasteiger partial charge >= 0.3 is 0 Å². The van der Waals surface area contributed by atoms with Crippen molar-refractivity contribution in [2.75, 3.05) is 39.6 Å². The summed E-state index contributed by atoms with van der Waals surface area (Å²) in [6.07, 6.45) is 27.3. The third-order valence-corrected chi connectivity index (χ3v) is 13.1. The third kappa shape index (κ3) is 23.7. The fraction of sp³-hybridized carbons (Fsp3) is 0.679. The van der Waals surface area contributed by atoms with Crippen molar-refractivity contribution >= 4 is 45.2 Å². The van der Waals surface area contributed by atoms with Gasteiger partial charge in [-0.05, 0) is 131 Å². The van der Waals surface area contributed by atoms with Crippen LogP contribution in [0, 0.1) is 7.14 Å². The number of halogens is 2. The standard InChI is InChI=1S/C56H88I2O8/c1-7-13-19-25-31-59-51-37-45(38-52(60-32-26-20-14-8-2)55(51)63-35-29-23-17-11-5)43-65-49-41-48(58)50(42-47(49)57)66-44-46-39-53(61-33-27-21-15-9-3)56(64-36-30-24-18-12-6)54(40-46)62-34-28-22-16-10-4/h37-42H,7-36,43-44H2,1-6H3. The highest BCUT2D eigenvalue weighted by Gasteiger charge is 2.20.